The Morgan fingerprint density at radius 2 is 2.07 bits per heavy atom. The van der Waals surface area contributed by atoms with Gasteiger partial charge in [-0.15, -0.1) is 24.8 Å². The maximum Gasteiger partial charge on any atom is 0.0492 e. The van der Waals surface area contributed by atoms with Crippen molar-refractivity contribution < 1.29 is 0 Å². The molecule has 1 saturated heterocycles. The molecule has 0 radical (unpaired) electrons. The standard InChI is InChI=1S/C10H17N3.2ClH/c1-2-13-10(5-8-12-13)9-3-6-11-7-4-9;;/h5,8-9,11H,2-4,6-7H2,1H3;2*1H. The van der Waals surface area contributed by atoms with E-state index in [1.54, 1.807) is 0 Å². The molecular formula is C10H19Cl2N3. The van der Waals surface area contributed by atoms with Crippen LogP contribution in [0.1, 0.15) is 31.4 Å². The minimum Gasteiger partial charge on any atom is -0.317 e. The molecule has 1 aliphatic heterocycles. The van der Waals surface area contributed by atoms with Crippen LogP contribution in [0.5, 0.6) is 0 Å². The number of hydrogen-bond acceptors (Lipinski definition) is 2. The van der Waals surface area contributed by atoms with Crippen LogP contribution in [0.15, 0.2) is 12.3 Å². The molecule has 0 bridgehead atoms. The maximum absolute atomic E-state index is 4.31. The van der Waals surface area contributed by atoms with Gasteiger partial charge in [-0.2, -0.15) is 5.10 Å². The summed E-state index contributed by atoms with van der Waals surface area (Å²) in [6.45, 7) is 5.45. The van der Waals surface area contributed by atoms with E-state index in [1.807, 2.05) is 6.20 Å². The third kappa shape index (κ3) is 3.37. The van der Waals surface area contributed by atoms with Crippen LogP contribution in [0.25, 0.3) is 0 Å². The van der Waals surface area contributed by atoms with Crippen LogP contribution in [-0.4, -0.2) is 22.9 Å². The van der Waals surface area contributed by atoms with E-state index in [0.29, 0.717) is 0 Å². The Morgan fingerprint density at radius 1 is 1.40 bits per heavy atom. The summed E-state index contributed by atoms with van der Waals surface area (Å²) < 4.78 is 2.12. The van der Waals surface area contributed by atoms with Crippen LogP contribution in [0.4, 0.5) is 0 Å². The van der Waals surface area contributed by atoms with Gasteiger partial charge < -0.3 is 5.32 Å². The van der Waals surface area contributed by atoms with E-state index in [9.17, 15) is 0 Å². The highest BCUT2D eigenvalue weighted by atomic mass is 35.5. The first-order valence-corrected chi connectivity index (χ1v) is 5.14. The summed E-state index contributed by atoms with van der Waals surface area (Å²) in [6.07, 6.45) is 4.43. The number of rotatable bonds is 2. The summed E-state index contributed by atoms with van der Waals surface area (Å²) >= 11 is 0. The van der Waals surface area contributed by atoms with E-state index >= 15 is 0 Å². The van der Waals surface area contributed by atoms with Gasteiger partial charge in [0.2, 0.25) is 0 Å². The quantitative estimate of drug-likeness (QED) is 0.874. The Bertz CT molecular complexity index is 269. The molecule has 2 heterocycles. The number of piperidine rings is 1. The van der Waals surface area contributed by atoms with E-state index in [0.717, 1.165) is 25.6 Å². The highest BCUT2D eigenvalue weighted by Gasteiger charge is 2.17. The molecule has 1 N–H and O–H groups in total. The van der Waals surface area contributed by atoms with Crippen molar-refractivity contribution in [3.63, 3.8) is 0 Å². The van der Waals surface area contributed by atoms with E-state index in [-0.39, 0.29) is 24.8 Å². The summed E-state index contributed by atoms with van der Waals surface area (Å²) in [7, 11) is 0. The molecule has 2 rings (SSSR count). The van der Waals surface area contributed by atoms with Crippen LogP contribution < -0.4 is 5.32 Å². The van der Waals surface area contributed by atoms with E-state index < -0.39 is 0 Å². The Hall–Kier alpha value is -0.250. The first-order chi connectivity index (χ1) is 6.42. The first kappa shape index (κ1) is 14.8. The monoisotopic (exact) mass is 251 g/mol. The fourth-order valence-electron chi connectivity index (χ4n) is 2.07. The van der Waals surface area contributed by atoms with Gasteiger partial charge in [0.25, 0.3) is 0 Å². The number of hydrogen-bond donors (Lipinski definition) is 1. The fourth-order valence-corrected chi connectivity index (χ4v) is 2.07. The molecule has 15 heavy (non-hydrogen) atoms. The molecule has 0 aromatic carbocycles. The van der Waals surface area contributed by atoms with Gasteiger partial charge >= 0.3 is 0 Å². The third-order valence-corrected chi connectivity index (χ3v) is 2.81. The van der Waals surface area contributed by atoms with Crippen LogP contribution in [-0.2, 0) is 6.54 Å². The second kappa shape index (κ2) is 7.09. The van der Waals surface area contributed by atoms with Crippen molar-refractivity contribution in [2.24, 2.45) is 0 Å². The lowest BCUT2D eigenvalue weighted by Crippen LogP contribution is -2.27. The number of aryl methyl sites for hydroxylation is 1. The number of nitrogens with one attached hydrogen (secondary N) is 1. The van der Waals surface area contributed by atoms with Gasteiger partial charge in [-0.05, 0) is 38.9 Å². The number of halogens is 2. The predicted octanol–water partition coefficient (Wildman–Crippen LogP) is 2.21. The lowest BCUT2D eigenvalue weighted by molar-refractivity contribution is 0.432. The van der Waals surface area contributed by atoms with Gasteiger partial charge in [0.1, 0.15) is 0 Å². The SMILES string of the molecule is CCn1nccc1C1CCNCC1.Cl.Cl. The Labute approximate surface area is 103 Å². The molecule has 3 nitrogen and oxygen atoms in total. The molecule has 0 spiro atoms. The van der Waals surface area contributed by atoms with Gasteiger partial charge in [-0.1, -0.05) is 0 Å². The van der Waals surface area contributed by atoms with Gasteiger partial charge in [-0.3, -0.25) is 4.68 Å². The topological polar surface area (TPSA) is 29.9 Å². The molecule has 5 heteroatoms. The summed E-state index contributed by atoms with van der Waals surface area (Å²) in [4.78, 5) is 0. The van der Waals surface area contributed by atoms with Crippen molar-refractivity contribution in [2.45, 2.75) is 32.2 Å². The molecule has 0 saturated carbocycles. The lowest BCUT2D eigenvalue weighted by atomic mass is 9.94. The zero-order valence-corrected chi connectivity index (χ0v) is 10.6. The molecule has 0 amide bonds. The van der Waals surface area contributed by atoms with Gasteiger partial charge in [-0.25, -0.2) is 0 Å². The summed E-state index contributed by atoms with van der Waals surface area (Å²) in [6, 6.07) is 2.17. The van der Waals surface area contributed by atoms with Crippen molar-refractivity contribution in [3.8, 4) is 0 Å². The smallest absolute Gasteiger partial charge is 0.0492 e. The number of nitrogens with zero attached hydrogens (tertiary/aromatic N) is 2. The number of aromatic nitrogens is 2. The van der Waals surface area contributed by atoms with E-state index in [1.165, 1.54) is 18.5 Å². The van der Waals surface area contributed by atoms with Crippen LogP contribution in [0, 0.1) is 0 Å². The Morgan fingerprint density at radius 3 is 2.67 bits per heavy atom. The molecule has 1 aromatic rings. The predicted molar refractivity (Wildman–Crippen MR) is 67.2 cm³/mol. The van der Waals surface area contributed by atoms with Crippen LogP contribution in [0.2, 0.25) is 0 Å². The largest absolute Gasteiger partial charge is 0.317 e. The summed E-state index contributed by atoms with van der Waals surface area (Å²) in [5.74, 6) is 0.726. The zero-order valence-electron chi connectivity index (χ0n) is 8.98. The Kier molecular flexibility index (Phi) is 6.98. The van der Waals surface area contributed by atoms with E-state index in [4.69, 9.17) is 0 Å². The molecule has 1 aliphatic rings. The summed E-state index contributed by atoms with van der Waals surface area (Å²) in [5.41, 5.74) is 1.42. The molecule has 1 aromatic heterocycles. The minimum absolute atomic E-state index is 0. The lowest BCUT2D eigenvalue weighted by Gasteiger charge is -2.23. The molecular weight excluding hydrogens is 233 g/mol. The Balaban J connectivity index is 0.000000980. The molecule has 0 aliphatic carbocycles. The fraction of sp³-hybridized carbons (Fsp3) is 0.700. The van der Waals surface area contributed by atoms with Crippen molar-refractivity contribution in [1.29, 1.82) is 0 Å². The molecule has 1 fully saturated rings. The van der Waals surface area contributed by atoms with Crippen LogP contribution >= 0.6 is 24.8 Å². The van der Waals surface area contributed by atoms with Gasteiger partial charge in [0.15, 0.2) is 0 Å². The second-order valence-electron chi connectivity index (χ2n) is 3.60. The molecule has 0 unspecified atom stereocenters. The van der Waals surface area contributed by atoms with Crippen molar-refractivity contribution >= 4 is 24.8 Å². The van der Waals surface area contributed by atoms with E-state index in [2.05, 4.69) is 28.1 Å². The highest BCUT2D eigenvalue weighted by Crippen LogP contribution is 2.24. The molecule has 88 valence electrons. The van der Waals surface area contributed by atoms with Gasteiger partial charge in [0, 0.05) is 24.4 Å². The minimum atomic E-state index is 0. The third-order valence-electron chi connectivity index (χ3n) is 2.81. The average Bonchev–Trinajstić information content (AvgIpc) is 2.67. The van der Waals surface area contributed by atoms with Crippen molar-refractivity contribution in [3.05, 3.63) is 18.0 Å². The van der Waals surface area contributed by atoms with Crippen LogP contribution in [0.3, 0.4) is 0 Å². The average molecular weight is 252 g/mol. The van der Waals surface area contributed by atoms with Crippen molar-refractivity contribution in [1.82, 2.24) is 15.1 Å². The second-order valence-corrected chi connectivity index (χ2v) is 3.60. The highest BCUT2D eigenvalue weighted by molar-refractivity contribution is 5.85. The summed E-state index contributed by atoms with van der Waals surface area (Å²) in [5, 5.41) is 7.69. The zero-order chi connectivity index (χ0) is 9.10. The van der Waals surface area contributed by atoms with Crippen molar-refractivity contribution in [2.75, 3.05) is 13.1 Å². The molecule has 0 atom stereocenters. The maximum atomic E-state index is 4.31. The normalized spacial score (nSPS) is 16.6. The van der Waals surface area contributed by atoms with Gasteiger partial charge in [0.05, 0.1) is 0 Å². The first-order valence-electron chi connectivity index (χ1n) is 5.14.